The minimum absolute atomic E-state index is 0.0939. The Labute approximate surface area is 169 Å². The number of rotatable bonds is 6. The van der Waals surface area contributed by atoms with Gasteiger partial charge in [0.05, 0.1) is 6.54 Å². The van der Waals surface area contributed by atoms with Crippen molar-refractivity contribution in [1.29, 1.82) is 0 Å². The summed E-state index contributed by atoms with van der Waals surface area (Å²) in [4.78, 5) is 15.9. The Kier molecular flexibility index (Phi) is 10.0. The average molecular weight is 378 g/mol. The van der Waals surface area contributed by atoms with E-state index in [0.29, 0.717) is 12.4 Å². The molecule has 0 heterocycles. The fourth-order valence-electron chi connectivity index (χ4n) is 2.56. The molecule has 0 aromatic heterocycles. The molecule has 0 aliphatic heterocycles. The molecular weight excluding hydrogens is 346 g/mol. The van der Waals surface area contributed by atoms with E-state index in [4.69, 9.17) is 0 Å². The molecule has 2 N–H and O–H groups in total. The zero-order chi connectivity index (χ0) is 20.9. The number of hydrogen-bond acceptors (Lipinski definition) is 2. The smallest absolute Gasteiger partial charge is 0.221 e. The van der Waals surface area contributed by atoms with Crippen LogP contribution in [0.15, 0.2) is 72.3 Å². The standard InChI is InChI=1S/C22H25N3O.C2H6/c1-5-21(19-11-8-12-20(14-19)24-17(4)26)25-22(6-2)23-15-18-10-7-9-16(3)13-18;1-2/h5-14H,2,15H2,1,3-4H3,(H,23,25)(H,24,26);1-2H3/b21-5-;. The first kappa shape index (κ1) is 22.9. The van der Waals surface area contributed by atoms with E-state index in [1.54, 1.807) is 6.08 Å². The molecule has 0 radical (unpaired) electrons. The van der Waals surface area contributed by atoms with Gasteiger partial charge in [-0.15, -0.1) is 0 Å². The third kappa shape index (κ3) is 7.62. The van der Waals surface area contributed by atoms with Crippen molar-refractivity contribution >= 4 is 23.1 Å². The van der Waals surface area contributed by atoms with Crippen LogP contribution in [-0.2, 0) is 11.3 Å². The lowest BCUT2D eigenvalue weighted by atomic mass is 10.1. The zero-order valence-corrected chi connectivity index (χ0v) is 17.5. The van der Waals surface area contributed by atoms with Gasteiger partial charge in [-0.1, -0.05) is 68.5 Å². The number of anilines is 1. The van der Waals surface area contributed by atoms with E-state index in [9.17, 15) is 4.79 Å². The Morgan fingerprint density at radius 2 is 1.86 bits per heavy atom. The molecule has 4 heteroatoms. The SMILES string of the molecule is C=CC(=NCc1cccc(C)c1)N/C(=C\C)c1cccc(NC(C)=O)c1.CC. The maximum atomic E-state index is 11.3. The number of aliphatic imine (C=N–C) groups is 1. The summed E-state index contributed by atoms with van der Waals surface area (Å²) < 4.78 is 0. The first-order chi connectivity index (χ1) is 13.5. The topological polar surface area (TPSA) is 53.5 Å². The molecule has 148 valence electrons. The predicted molar refractivity (Wildman–Crippen MR) is 121 cm³/mol. The van der Waals surface area contributed by atoms with Gasteiger partial charge in [0.15, 0.2) is 0 Å². The molecule has 0 atom stereocenters. The van der Waals surface area contributed by atoms with Crippen molar-refractivity contribution in [1.82, 2.24) is 5.32 Å². The minimum Gasteiger partial charge on any atom is -0.340 e. The summed E-state index contributed by atoms with van der Waals surface area (Å²) in [7, 11) is 0. The Balaban J connectivity index is 0.00000190. The zero-order valence-electron chi connectivity index (χ0n) is 17.5. The molecule has 0 unspecified atom stereocenters. The third-order valence-electron chi connectivity index (χ3n) is 3.75. The molecule has 0 aliphatic carbocycles. The monoisotopic (exact) mass is 377 g/mol. The number of hydrogen-bond donors (Lipinski definition) is 2. The van der Waals surface area contributed by atoms with Crippen molar-refractivity contribution in [2.75, 3.05) is 5.32 Å². The lowest BCUT2D eigenvalue weighted by Gasteiger charge is -2.13. The van der Waals surface area contributed by atoms with Gasteiger partial charge in [0.1, 0.15) is 5.84 Å². The Hall–Kier alpha value is -3.14. The van der Waals surface area contributed by atoms with Gasteiger partial charge in [-0.05, 0) is 43.2 Å². The normalized spacial score (nSPS) is 11.2. The summed E-state index contributed by atoms with van der Waals surface area (Å²) in [6.07, 6.45) is 3.68. The van der Waals surface area contributed by atoms with Gasteiger partial charge in [0.25, 0.3) is 0 Å². The van der Waals surface area contributed by atoms with Crippen molar-refractivity contribution in [2.45, 2.75) is 41.2 Å². The summed E-state index contributed by atoms with van der Waals surface area (Å²) in [5, 5.41) is 6.11. The van der Waals surface area contributed by atoms with Crippen LogP contribution in [0.5, 0.6) is 0 Å². The van der Waals surface area contributed by atoms with E-state index in [1.165, 1.54) is 12.5 Å². The molecule has 0 saturated carbocycles. The fraction of sp³-hybridized carbons (Fsp3) is 0.250. The summed E-state index contributed by atoms with van der Waals surface area (Å²) in [5.74, 6) is 0.605. The molecule has 0 saturated heterocycles. The number of amidine groups is 1. The van der Waals surface area contributed by atoms with Gasteiger partial charge < -0.3 is 10.6 Å². The maximum Gasteiger partial charge on any atom is 0.221 e. The lowest BCUT2D eigenvalue weighted by Crippen LogP contribution is -2.20. The Bertz CT molecular complexity index is 850. The van der Waals surface area contributed by atoms with Crippen molar-refractivity contribution in [3.8, 4) is 0 Å². The number of carbonyl (C=O) groups excluding carboxylic acids is 1. The van der Waals surface area contributed by atoms with Crippen LogP contribution < -0.4 is 10.6 Å². The Morgan fingerprint density at radius 3 is 2.46 bits per heavy atom. The number of allylic oxidation sites excluding steroid dienone is 1. The second-order valence-corrected chi connectivity index (χ2v) is 5.98. The highest BCUT2D eigenvalue weighted by Gasteiger charge is 2.05. The van der Waals surface area contributed by atoms with Crippen LogP contribution >= 0.6 is 0 Å². The lowest BCUT2D eigenvalue weighted by molar-refractivity contribution is -0.114. The molecule has 28 heavy (non-hydrogen) atoms. The fourth-order valence-corrected chi connectivity index (χ4v) is 2.56. The van der Waals surface area contributed by atoms with Gasteiger partial charge in [0.2, 0.25) is 5.91 Å². The van der Waals surface area contributed by atoms with E-state index in [1.807, 2.05) is 57.2 Å². The van der Waals surface area contributed by atoms with Gasteiger partial charge in [0, 0.05) is 18.3 Å². The van der Waals surface area contributed by atoms with Crippen LogP contribution in [0, 0.1) is 6.92 Å². The first-order valence-corrected chi connectivity index (χ1v) is 9.55. The van der Waals surface area contributed by atoms with Crippen molar-refractivity contribution in [3.05, 3.63) is 84.0 Å². The number of nitrogens with zero attached hydrogens (tertiary/aromatic N) is 1. The third-order valence-corrected chi connectivity index (χ3v) is 3.75. The van der Waals surface area contributed by atoms with Gasteiger partial charge in [-0.2, -0.15) is 0 Å². The van der Waals surface area contributed by atoms with Crippen molar-refractivity contribution < 1.29 is 4.79 Å². The number of amides is 1. The van der Waals surface area contributed by atoms with Crippen LogP contribution in [-0.4, -0.2) is 11.7 Å². The van der Waals surface area contributed by atoms with Gasteiger partial charge >= 0.3 is 0 Å². The maximum absolute atomic E-state index is 11.3. The van der Waals surface area contributed by atoms with Crippen LogP contribution in [0.25, 0.3) is 5.70 Å². The molecule has 0 fully saturated rings. The summed E-state index contributed by atoms with van der Waals surface area (Å²) >= 11 is 0. The molecule has 0 aliphatic rings. The summed E-state index contributed by atoms with van der Waals surface area (Å²) in [5.41, 5.74) is 4.99. The largest absolute Gasteiger partial charge is 0.340 e. The van der Waals surface area contributed by atoms with Crippen molar-refractivity contribution in [3.63, 3.8) is 0 Å². The van der Waals surface area contributed by atoms with Gasteiger partial charge in [-0.25, -0.2) is 0 Å². The highest BCUT2D eigenvalue weighted by Crippen LogP contribution is 2.17. The first-order valence-electron chi connectivity index (χ1n) is 9.55. The number of nitrogens with one attached hydrogen (secondary N) is 2. The highest BCUT2D eigenvalue weighted by molar-refractivity contribution is 5.98. The molecule has 0 bridgehead atoms. The minimum atomic E-state index is -0.0939. The van der Waals surface area contributed by atoms with E-state index < -0.39 is 0 Å². The second-order valence-electron chi connectivity index (χ2n) is 5.98. The predicted octanol–water partition coefficient (Wildman–Crippen LogP) is 5.71. The van der Waals surface area contributed by atoms with Crippen LogP contribution in [0.3, 0.4) is 0 Å². The van der Waals surface area contributed by atoms with Crippen LogP contribution in [0.4, 0.5) is 5.69 Å². The van der Waals surface area contributed by atoms with Crippen LogP contribution in [0.1, 0.15) is 44.4 Å². The molecular formula is C24H31N3O. The molecule has 0 spiro atoms. The van der Waals surface area contributed by atoms with Gasteiger partial charge in [-0.3, -0.25) is 9.79 Å². The van der Waals surface area contributed by atoms with E-state index in [-0.39, 0.29) is 5.91 Å². The van der Waals surface area contributed by atoms with E-state index >= 15 is 0 Å². The number of aryl methyl sites for hydroxylation is 1. The van der Waals surface area contributed by atoms with Crippen molar-refractivity contribution in [2.24, 2.45) is 4.99 Å². The molecule has 2 aromatic carbocycles. The summed E-state index contributed by atoms with van der Waals surface area (Å²) in [6.45, 7) is 14.0. The molecule has 1 amide bonds. The second kappa shape index (κ2) is 12.3. The molecule has 2 aromatic rings. The van der Waals surface area contributed by atoms with Crippen LogP contribution in [0.2, 0.25) is 0 Å². The van der Waals surface area contributed by atoms with E-state index in [0.717, 1.165) is 22.5 Å². The number of carbonyl (C=O) groups is 1. The average Bonchev–Trinajstić information content (AvgIpc) is 2.69. The highest BCUT2D eigenvalue weighted by atomic mass is 16.1. The summed E-state index contributed by atoms with van der Waals surface area (Å²) in [6, 6.07) is 16.0. The molecule has 2 rings (SSSR count). The number of benzene rings is 2. The molecule has 4 nitrogen and oxygen atoms in total. The Morgan fingerprint density at radius 1 is 1.14 bits per heavy atom. The quantitative estimate of drug-likeness (QED) is 0.500. The van der Waals surface area contributed by atoms with E-state index in [2.05, 4.69) is 47.3 Å².